The van der Waals surface area contributed by atoms with E-state index in [-0.39, 0.29) is 5.91 Å². The molecule has 1 aliphatic rings. The summed E-state index contributed by atoms with van der Waals surface area (Å²) in [5, 5.41) is 3.99. The van der Waals surface area contributed by atoms with Gasteiger partial charge in [-0.15, -0.1) is 11.8 Å². The summed E-state index contributed by atoms with van der Waals surface area (Å²) >= 11 is 7.69. The molecule has 0 aromatic heterocycles. The largest absolute Gasteiger partial charge is 0.349 e. The highest BCUT2D eigenvalue weighted by Gasteiger charge is 2.15. The molecule has 138 valence electrons. The fourth-order valence-corrected chi connectivity index (χ4v) is 4.30. The highest BCUT2D eigenvalue weighted by Crippen LogP contribution is 2.24. The van der Waals surface area contributed by atoms with Crippen molar-refractivity contribution in [2.24, 2.45) is 0 Å². The monoisotopic (exact) mass is 387 g/mol. The van der Waals surface area contributed by atoms with Crippen LogP contribution in [-0.4, -0.2) is 11.9 Å². The summed E-state index contributed by atoms with van der Waals surface area (Å²) in [7, 11) is 0. The Kier molecular flexibility index (Phi) is 7.45. The van der Waals surface area contributed by atoms with Crippen molar-refractivity contribution >= 4 is 29.3 Å². The highest BCUT2D eigenvalue weighted by molar-refractivity contribution is 7.98. The van der Waals surface area contributed by atoms with E-state index in [1.165, 1.54) is 42.6 Å². The lowest BCUT2D eigenvalue weighted by Gasteiger charge is -2.21. The van der Waals surface area contributed by atoms with Gasteiger partial charge in [-0.1, -0.05) is 55.8 Å². The van der Waals surface area contributed by atoms with E-state index in [4.69, 9.17) is 11.6 Å². The Morgan fingerprint density at radius 3 is 2.19 bits per heavy atom. The normalized spacial score (nSPS) is 15.9. The molecule has 2 nitrogen and oxygen atoms in total. The molecule has 1 fully saturated rings. The lowest BCUT2D eigenvalue weighted by atomic mass is 9.96. The second-order valence-electron chi connectivity index (χ2n) is 6.96. The Labute approximate surface area is 165 Å². The number of carbonyl (C=O) groups is 1. The van der Waals surface area contributed by atoms with E-state index in [0.29, 0.717) is 6.04 Å². The standard InChI is InChI=1S/C22H26ClNOS/c23-19-12-14-21(15-13-19)26-16-17-8-10-18(11-9-17)22(25)24-20-6-4-2-1-3-5-7-20/h8-15,20H,1-7,16H2,(H,24,25). The number of nitrogens with one attached hydrogen (secondary N) is 1. The SMILES string of the molecule is O=C(NC1CCCCCCC1)c1ccc(CSc2ccc(Cl)cc2)cc1. The van der Waals surface area contributed by atoms with Gasteiger partial charge < -0.3 is 5.32 Å². The Hall–Kier alpha value is -1.45. The highest BCUT2D eigenvalue weighted by atomic mass is 35.5. The van der Waals surface area contributed by atoms with Gasteiger partial charge in [0.2, 0.25) is 0 Å². The summed E-state index contributed by atoms with van der Waals surface area (Å²) in [6.45, 7) is 0. The number of rotatable bonds is 5. The topological polar surface area (TPSA) is 29.1 Å². The second-order valence-corrected chi connectivity index (χ2v) is 8.44. The average molecular weight is 388 g/mol. The minimum Gasteiger partial charge on any atom is -0.349 e. The van der Waals surface area contributed by atoms with E-state index < -0.39 is 0 Å². The van der Waals surface area contributed by atoms with Crippen molar-refractivity contribution in [3.05, 3.63) is 64.7 Å². The van der Waals surface area contributed by atoms with Gasteiger partial charge in [0.25, 0.3) is 5.91 Å². The number of halogens is 1. The number of thioether (sulfide) groups is 1. The first-order chi connectivity index (χ1) is 12.7. The zero-order valence-electron chi connectivity index (χ0n) is 15.0. The molecule has 0 atom stereocenters. The molecular formula is C22H26ClNOS. The third-order valence-corrected chi connectivity index (χ3v) is 6.21. The Morgan fingerprint density at radius 2 is 1.54 bits per heavy atom. The van der Waals surface area contributed by atoms with Crippen molar-refractivity contribution in [2.45, 2.75) is 61.6 Å². The van der Waals surface area contributed by atoms with Crippen LogP contribution in [-0.2, 0) is 5.75 Å². The molecule has 1 saturated carbocycles. The first-order valence-electron chi connectivity index (χ1n) is 9.49. The summed E-state index contributed by atoms with van der Waals surface area (Å²) in [4.78, 5) is 13.7. The van der Waals surface area contributed by atoms with Crippen LogP contribution in [0, 0.1) is 0 Å². The zero-order chi connectivity index (χ0) is 18.2. The molecule has 0 aliphatic heterocycles. The number of hydrogen-bond acceptors (Lipinski definition) is 2. The van der Waals surface area contributed by atoms with Gasteiger partial charge in [0.15, 0.2) is 0 Å². The van der Waals surface area contributed by atoms with Gasteiger partial charge in [0, 0.05) is 27.3 Å². The molecule has 0 unspecified atom stereocenters. The lowest BCUT2D eigenvalue weighted by Crippen LogP contribution is -2.35. The molecular weight excluding hydrogens is 362 g/mol. The number of amides is 1. The fraction of sp³-hybridized carbons (Fsp3) is 0.409. The van der Waals surface area contributed by atoms with E-state index in [1.807, 2.05) is 36.4 Å². The number of hydrogen-bond donors (Lipinski definition) is 1. The third kappa shape index (κ3) is 6.07. The van der Waals surface area contributed by atoms with Crippen molar-refractivity contribution < 1.29 is 4.79 Å². The minimum absolute atomic E-state index is 0.0625. The first kappa shape index (κ1) is 19.3. The summed E-state index contributed by atoms with van der Waals surface area (Å²) < 4.78 is 0. The predicted molar refractivity (Wildman–Crippen MR) is 111 cm³/mol. The van der Waals surface area contributed by atoms with E-state index in [1.54, 1.807) is 11.8 Å². The van der Waals surface area contributed by atoms with Gasteiger partial charge in [-0.3, -0.25) is 4.79 Å². The maximum absolute atomic E-state index is 12.5. The van der Waals surface area contributed by atoms with Gasteiger partial charge in [-0.2, -0.15) is 0 Å². The Balaban J connectivity index is 1.51. The van der Waals surface area contributed by atoms with E-state index in [2.05, 4.69) is 17.4 Å². The van der Waals surface area contributed by atoms with Gasteiger partial charge in [0.05, 0.1) is 0 Å². The zero-order valence-corrected chi connectivity index (χ0v) is 16.6. The van der Waals surface area contributed by atoms with E-state index in [0.717, 1.165) is 29.2 Å². The third-order valence-electron chi connectivity index (χ3n) is 4.88. The van der Waals surface area contributed by atoms with Crippen LogP contribution in [0.2, 0.25) is 5.02 Å². The molecule has 26 heavy (non-hydrogen) atoms. The van der Waals surface area contributed by atoms with Gasteiger partial charge >= 0.3 is 0 Å². The number of benzene rings is 2. The van der Waals surface area contributed by atoms with Crippen LogP contribution in [0.4, 0.5) is 0 Å². The Bertz CT molecular complexity index is 691. The van der Waals surface area contributed by atoms with Crippen molar-refractivity contribution in [2.75, 3.05) is 0 Å². The van der Waals surface area contributed by atoms with E-state index >= 15 is 0 Å². The maximum Gasteiger partial charge on any atom is 0.251 e. The molecule has 0 heterocycles. The molecule has 4 heteroatoms. The van der Waals surface area contributed by atoms with Crippen molar-refractivity contribution in [3.8, 4) is 0 Å². The molecule has 0 spiro atoms. The summed E-state index contributed by atoms with van der Waals surface area (Å²) in [6, 6.07) is 16.2. The molecule has 0 radical (unpaired) electrons. The first-order valence-corrected chi connectivity index (χ1v) is 10.9. The van der Waals surface area contributed by atoms with Crippen molar-refractivity contribution in [1.82, 2.24) is 5.32 Å². The summed E-state index contributed by atoms with van der Waals surface area (Å²) in [5.41, 5.74) is 1.97. The molecule has 1 N–H and O–H groups in total. The van der Waals surface area contributed by atoms with Crippen LogP contribution in [0.15, 0.2) is 53.4 Å². The van der Waals surface area contributed by atoms with Crippen molar-refractivity contribution in [3.63, 3.8) is 0 Å². The smallest absolute Gasteiger partial charge is 0.251 e. The van der Waals surface area contributed by atoms with Crippen LogP contribution in [0.5, 0.6) is 0 Å². The van der Waals surface area contributed by atoms with E-state index in [9.17, 15) is 4.79 Å². The molecule has 2 aromatic rings. The second kappa shape index (κ2) is 10.0. The van der Waals surface area contributed by atoms with Crippen molar-refractivity contribution in [1.29, 1.82) is 0 Å². The van der Waals surface area contributed by atoms with Crippen LogP contribution in [0.1, 0.15) is 60.9 Å². The summed E-state index contributed by atoms with van der Waals surface area (Å²) in [5.74, 6) is 0.944. The van der Waals surface area contributed by atoms with Crippen LogP contribution < -0.4 is 5.32 Å². The quantitative estimate of drug-likeness (QED) is 0.595. The molecule has 1 amide bonds. The molecule has 0 bridgehead atoms. The molecule has 2 aromatic carbocycles. The summed E-state index contributed by atoms with van der Waals surface area (Å²) in [6.07, 6.45) is 8.62. The van der Waals surface area contributed by atoms with Gasteiger partial charge in [-0.05, 0) is 54.8 Å². The minimum atomic E-state index is 0.0625. The molecule has 1 aliphatic carbocycles. The van der Waals surface area contributed by atoms with Crippen LogP contribution in [0.3, 0.4) is 0 Å². The maximum atomic E-state index is 12.5. The van der Waals surface area contributed by atoms with Crippen LogP contribution in [0.25, 0.3) is 0 Å². The molecule has 0 saturated heterocycles. The number of carbonyl (C=O) groups excluding carboxylic acids is 1. The van der Waals surface area contributed by atoms with Gasteiger partial charge in [0.1, 0.15) is 0 Å². The lowest BCUT2D eigenvalue weighted by molar-refractivity contribution is 0.0930. The van der Waals surface area contributed by atoms with Crippen LogP contribution >= 0.6 is 23.4 Å². The average Bonchev–Trinajstić information content (AvgIpc) is 2.64. The fourth-order valence-electron chi connectivity index (χ4n) is 3.32. The Morgan fingerprint density at radius 1 is 0.923 bits per heavy atom. The predicted octanol–water partition coefficient (Wildman–Crippen LogP) is 6.48. The van der Waals surface area contributed by atoms with Gasteiger partial charge in [-0.25, -0.2) is 0 Å². The molecule has 3 rings (SSSR count).